The summed E-state index contributed by atoms with van der Waals surface area (Å²) in [7, 11) is 2.33. The normalized spacial score (nSPS) is 27.1. The van der Waals surface area contributed by atoms with Gasteiger partial charge in [-0.3, -0.25) is 4.90 Å². The van der Waals surface area contributed by atoms with Gasteiger partial charge in [-0.2, -0.15) is 0 Å². The van der Waals surface area contributed by atoms with Gasteiger partial charge in [0.25, 0.3) is 0 Å². The second-order valence-corrected chi connectivity index (χ2v) is 7.58. The van der Waals surface area contributed by atoms with Gasteiger partial charge in [-0.15, -0.1) is 0 Å². The van der Waals surface area contributed by atoms with Crippen LogP contribution in [0.5, 0.6) is 11.5 Å². The van der Waals surface area contributed by atoms with Gasteiger partial charge in [-0.05, 0) is 69.9 Å². The third kappa shape index (κ3) is 3.40. The zero-order valence-corrected chi connectivity index (χ0v) is 14.9. The summed E-state index contributed by atoms with van der Waals surface area (Å²) >= 11 is 0. The van der Waals surface area contributed by atoms with Crippen LogP contribution in [-0.4, -0.2) is 55.4 Å². The number of likely N-dealkylation sites (N-methyl/N-ethyl adjacent to an activating group) is 1. The monoisotopic (exact) mass is 330 g/mol. The van der Waals surface area contributed by atoms with Crippen molar-refractivity contribution in [2.24, 2.45) is 0 Å². The number of likely N-dealkylation sites (tertiary alicyclic amines) is 1. The number of hydrogen-bond donors (Lipinski definition) is 0. The van der Waals surface area contributed by atoms with E-state index in [2.05, 4.69) is 29.0 Å². The van der Waals surface area contributed by atoms with Crippen molar-refractivity contribution in [2.75, 3.05) is 33.5 Å². The first-order valence-electron chi connectivity index (χ1n) is 9.64. The quantitative estimate of drug-likeness (QED) is 0.827. The maximum absolute atomic E-state index is 5.50. The average Bonchev–Trinajstić information content (AvgIpc) is 3.30. The Morgan fingerprint density at radius 2 is 1.83 bits per heavy atom. The van der Waals surface area contributed by atoms with Crippen LogP contribution in [0.15, 0.2) is 18.2 Å². The molecule has 1 aromatic rings. The van der Waals surface area contributed by atoms with Gasteiger partial charge in [0, 0.05) is 18.6 Å². The molecule has 0 bridgehead atoms. The Balaban J connectivity index is 1.36. The van der Waals surface area contributed by atoms with E-state index in [0.717, 1.165) is 36.5 Å². The highest BCUT2D eigenvalue weighted by molar-refractivity contribution is 5.44. The fourth-order valence-electron chi connectivity index (χ4n) is 4.67. The molecule has 24 heavy (non-hydrogen) atoms. The molecule has 1 saturated heterocycles. The third-order valence-corrected chi connectivity index (χ3v) is 6.06. The minimum absolute atomic E-state index is 0.359. The maximum atomic E-state index is 5.50. The number of nitrogens with zero attached hydrogens (tertiary/aromatic N) is 2. The van der Waals surface area contributed by atoms with Crippen molar-refractivity contribution >= 4 is 0 Å². The summed E-state index contributed by atoms with van der Waals surface area (Å²) in [6.07, 6.45) is 9.42. The first kappa shape index (κ1) is 16.2. The van der Waals surface area contributed by atoms with Crippen LogP contribution in [0.4, 0.5) is 0 Å². The topological polar surface area (TPSA) is 24.9 Å². The van der Waals surface area contributed by atoms with Crippen molar-refractivity contribution < 1.29 is 9.47 Å². The number of ether oxygens (including phenoxy) is 2. The SMILES string of the molecule is CN(CCc1ccc2c(c1)OCO2)C1CCCC[C@H]1N1CCCC1. The predicted octanol–water partition coefficient (Wildman–Crippen LogP) is 3.30. The number of benzene rings is 1. The van der Waals surface area contributed by atoms with Crippen LogP contribution in [0.1, 0.15) is 44.1 Å². The molecular weight excluding hydrogens is 300 g/mol. The fourth-order valence-corrected chi connectivity index (χ4v) is 4.67. The van der Waals surface area contributed by atoms with Crippen molar-refractivity contribution in [2.45, 2.75) is 57.0 Å². The van der Waals surface area contributed by atoms with E-state index in [1.54, 1.807) is 0 Å². The van der Waals surface area contributed by atoms with Crippen molar-refractivity contribution in [1.82, 2.24) is 9.80 Å². The van der Waals surface area contributed by atoms with Crippen molar-refractivity contribution in [3.05, 3.63) is 23.8 Å². The molecule has 0 spiro atoms. The highest BCUT2D eigenvalue weighted by atomic mass is 16.7. The Labute approximate surface area is 145 Å². The molecule has 2 atom stereocenters. The molecule has 4 heteroatoms. The smallest absolute Gasteiger partial charge is 0.231 e. The van der Waals surface area contributed by atoms with Gasteiger partial charge in [-0.25, -0.2) is 0 Å². The fraction of sp³-hybridized carbons (Fsp3) is 0.700. The molecule has 132 valence electrons. The molecule has 2 aliphatic heterocycles. The van der Waals surface area contributed by atoms with Gasteiger partial charge >= 0.3 is 0 Å². The average molecular weight is 330 g/mol. The van der Waals surface area contributed by atoms with E-state index in [-0.39, 0.29) is 0 Å². The first-order chi connectivity index (χ1) is 11.8. The number of fused-ring (bicyclic) bond motifs is 1. The molecule has 1 saturated carbocycles. The van der Waals surface area contributed by atoms with E-state index >= 15 is 0 Å². The third-order valence-electron chi connectivity index (χ3n) is 6.06. The van der Waals surface area contributed by atoms with Crippen LogP contribution in [0.3, 0.4) is 0 Å². The zero-order chi connectivity index (χ0) is 16.4. The van der Waals surface area contributed by atoms with Gasteiger partial charge in [0.2, 0.25) is 6.79 Å². The Morgan fingerprint density at radius 3 is 2.71 bits per heavy atom. The highest BCUT2D eigenvalue weighted by Crippen LogP contribution is 2.33. The highest BCUT2D eigenvalue weighted by Gasteiger charge is 2.33. The van der Waals surface area contributed by atoms with Crippen LogP contribution in [-0.2, 0) is 6.42 Å². The summed E-state index contributed by atoms with van der Waals surface area (Å²) in [5.74, 6) is 1.79. The zero-order valence-electron chi connectivity index (χ0n) is 14.9. The molecule has 1 aromatic carbocycles. The lowest BCUT2D eigenvalue weighted by Gasteiger charge is -2.42. The molecule has 1 unspecified atom stereocenters. The van der Waals surface area contributed by atoms with Gasteiger partial charge in [-0.1, -0.05) is 18.9 Å². The second-order valence-electron chi connectivity index (χ2n) is 7.58. The molecule has 4 nitrogen and oxygen atoms in total. The summed E-state index contributed by atoms with van der Waals surface area (Å²) in [6.45, 7) is 4.11. The molecule has 4 rings (SSSR count). The molecule has 1 aliphatic carbocycles. The largest absolute Gasteiger partial charge is 0.454 e. The van der Waals surface area contributed by atoms with Crippen molar-refractivity contribution in [3.63, 3.8) is 0 Å². The van der Waals surface area contributed by atoms with Crippen molar-refractivity contribution in [1.29, 1.82) is 0 Å². The molecule has 0 N–H and O–H groups in total. The van der Waals surface area contributed by atoms with E-state index in [1.165, 1.54) is 57.2 Å². The summed E-state index contributed by atoms with van der Waals surface area (Å²) in [5, 5.41) is 0. The van der Waals surface area contributed by atoms with Crippen LogP contribution >= 0.6 is 0 Å². The molecular formula is C20H30N2O2. The van der Waals surface area contributed by atoms with Gasteiger partial charge in [0.15, 0.2) is 11.5 Å². The molecule has 0 aromatic heterocycles. The van der Waals surface area contributed by atoms with Gasteiger partial charge in [0.1, 0.15) is 0 Å². The summed E-state index contributed by atoms with van der Waals surface area (Å²) in [5.41, 5.74) is 1.35. The summed E-state index contributed by atoms with van der Waals surface area (Å²) in [6, 6.07) is 7.88. The van der Waals surface area contributed by atoms with E-state index < -0.39 is 0 Å². The second kappa shape index (κ2) is 7.32. The van der Waals surface area contributed by atoms with Crippen LogP contribution in [0.2, 0.25) is 0 Å². The minimum Gasteiger partial charge on any atom is -0.454 e. The predicted molar refractivity (Wildman–Crippen MR) is 95.8 cm³/mol. The van der Waals surface area contributed by atoms with Crippen LogP contribution in [0.25, 0.3) is 0 Å². The van der Waals surface area contributed by atoms with Gasteiger partial charge < -0.3 is 14.4 Å². The Kier molecular flexibility index (Phi) is 4.95. The molecule has 0 radical (unpaired) electrons. The van der Waals surface area contributed by atoms with Crippen LogP contribution < -0.4 is 9.47 Å². The summed E-state index contributed by atoms with van der Waals surface area (Å²) in [4.78, 5) is 5.38. The lowest BCUT2D eigenvalue weighted by atomic mass is 9.88. The van der Waals surface area contributed by atoms with Crippen molar-refractivity contribution in [3.8, 4) is 11.5 Å². The maximum Gasteiger partial charge on any atom is 0.231 e. The van der Waals surface area contributed by atoms with E-state index in [1.807, 2.05) is 6.07 Å². The summed E-state index contributed by atoms with van der Waals surface area (Å²) < 4.78 is 10.9. The molecule has 2 heterocycles. The molecule has 0 amide bonds. The van der Waals surface area contributed by atoms with E-state index in [0.29, 0.717) is 6.79 Å². The Bertz CT molecular complexity index is 557. The van der Waals surface area contributed by atoms with E-state index in [4.69, 9.17) is 9.47 Å². The Hall–Kier alpha value is -1.26. The first-order valence-corrected chi connectivity index (χ1v) is 9.64. The Morgan fingerprint density at radius 1 is 1.04 bits per heavy atom. The lowest BCUT2D eigenvalue weighted by Crippen LogP contribution is -2.51. The standard InChI is InChI=1S/C20H30N2O2/c1-21(13-10-16-8-9-19-20(14-16)24-15-23-19)17-6-2-3-7-18(17)22-11-4-5-12-22/h8-9,14,17-18H,2-7,10-13,15H2,1H3/t17?,18-/m1/s1. The van der Waals surface area contributed by atoms with Crippen LogP contribution in [0, 0.1) is 0 Å². The molecule has 2 fully saturated rings. The van der Waals surface area contributed by atoms with E-state index in [9.17, 15) is 0 Å². The minimum atomic E-state index is 0.359. The van der Waals surface area contributed by atoms with Gasteiger partial charge in [0.05, 0.1) is 0 Å². The lowest BCUT2D eigenvalue weighted by molar-refractivity contribution is 0.0771. The number of rotatable bonds is 5. The molecule has 3 aliphatic rings. The number of hydrogen-bond acceptors (Lipinski definition) is 4.